The van der Waals surface area contributed by atoms with Crippen LogP contribution in [0.1, 0.15) is 94.5 Å². The van der Waals surface area contributed by atoms with Gasteiger partial charge in [-0.15, -0.1) is 0 Å². The highest BCUT2D eigenvalue weighted by molar-refractivity contribution is 6.07. The van der Waals surface area contributed by atoms with Gasteiger partial charge in [-0.25, -0.2) is 0 Å². The van der Waals surface area contributed by atoms with Gasteiger partial charge in [-0.3, -0.25) is 9.78 Å². The van der Waals surface area contributed by atoms with E-state index >= 15 is 0 Å². The number of rotatable bonds is 12. The third kappa shape index (κ3) is 10.7. The summed E-state index contributed by atoms with van der Waals surface area (Å²) < 4.78 is 0. The molecule has 0 N–H and O–H groups in total. The first-order chi connectivity index (χ1) is 11.3. The average Bonchev–Trinajstić information content (AvgIpc) is 2.59. The Balaban J connectivity index is 1.92. The van der Waals surface area contributed by atoms with Crippen LogP contribution in [0.3, 0.4) is 0 Å². The number of unbranched alkanes of at least 4 members (excludes halogenated alkanes) is 11. The lowest BCUT2D eigenvalue weighted by molar-refractivity contribution is 0.105. The number of Topliss-reactive ketones (excluding diaryl/α,β-unsaturated/α-hetero) is 1. The first kappa shape index (κ1) is 19.4. The van der Waals surface area contributed by atoms with Crippen molar-refractivity contribution in [2.45, 2.75) is 84.0 Å². The molecule has 0 unspecified atom stereocenters. The van der Waals surface area contributed by atoms with Crippen molar-refractivity contribution in [3.8, 4) is 11.8 Å². The molecule has 0 saturated carbocycles. The van der Waals surface area contributed by atoms with E-state index in [2.05, 4.69) is 23.7 Å². The van der Waals surface area contributed by atoms with E-state index in [9.17, 15) is 4.79 Å². The fourth-order valence-corrected chi connectivity index (χ4v) is 2.58. The number of aromatic nitrogens is 1. The molecule has 1 aromatic rings. The summed E-state index contributed by atoms with van der Waals surface area (Å²) in [6, 6.07) is 5.32. The smallest absolute Gasteiger partial charge is 0.254 e. The first-order valence-electron chi connectivity index (χ1n) is 9.29. The van der Waals surface area contributed by atoms with Crippen LogP contribution in [0.25, 0.3) is 0 Å². The number of ketones is 1. The minimum absolute atomic E-state index is 0.173. The maximum Gasteiger partial charge on any atom is 0.254 e. The molecule has 2 heteroatoms. The van der Waals surface area contributed by atoms with Crippen LogP contribution in [-0.2, 0) is 0 Å². The van der Waals surface area contributed by atoms with Crippen molar-refractivity contribution >= 4 is 5.78 Å². The van der Waals surface area contributed by atoms with Gasteiger partial charge >= 0.3 is 0 Å². The molecular formula is C21H31NO. The van der Waals surface area contributed by atoms with Gasteiger partial charge in [0.1, 0.15) is 5.69 Å². The second-order valence-electron chi connectivity index (χ2n) is 6.13. The van der Waals surface area contributed by atoms with Gasteiger partial charge < -0.3 is 0 Å². The second kappa shape index (κ2) is 14.0. The van der Waals surface area contributed by atoms with Crippen molar-refractivity contribution in [1.29, 1.82) is 0 Å². The molecule has 126 valence electrons. The molecule has 23 heavy (non-hydrogen) atoms. The molecule has 0 spiro atoms. The SMILES string of the molecule is CCCCCCCCCCCCCC#CC(=O)c1ccccn1. The van der Waals surface area contributed by atoms with Crippen molar-refractivity contribution in [3.05, 3.63) is 30.1 Å². The fourth-order valence-electron chi connectivity index (χ4n) is 2.58. The maximum absolute atomic E-state index is 11.7. The number of carbonyl (C=O) groups is 1. The summed E-state index contributed by atoms with van der Waals surface area (Å²) in [7, 11) is 0. The van der Waals surface area contributed by atoms with Crippen molar-refractivity contribution < 1.29 is 4.79 Å². The zero-order valence-electron chi connectivity index (χ0n) is 14.7. The van der Waals surface area contributed by atoms with Gasteiger partial charge in [-0.05, 0) is 24.5 Å². The minimum Gasteiger partial charge on any atom is -0.277 e. The second-order valence-corrected chi connectivity index (χ2v) is 6.13. The Morgan fingerprint density at radius 3 is 2.09 bits per heavy atom. The molecule has 1 rings (SSSR count). The topological polar surface area (TPSA) is 30.0 Å². The predicted octanol–water partition coefficient (Wildman–Crippen LogP) is 5.97. The van der Waals surface area contributed by atoms with Crippen LogP contribution >= 0.6 is 0 Å². The summed E-state index contributed by atoms with van der Waals surface area (Å²) >= 11 is 0. The van der Waals surface area contributed by atoms with Gasteiger partial charge in [0.2, 0.25) is 0 Å². The molecule has 0 atom stereocenters. The summed E-state index contributed by atoms with van der Waals surface area (Å²) in [5, 5.41) is 0. The van der Waals surface area contributed by atoms with E-state index in [1.807, 2.05) is 6.07 Å². The largest absolute Gasteiger partial charge is 0.277 e. The number of nitrogens with zero attached hydrogens (tertiary/aromatic N) is 1. The van der Waals surface area contributed by atoms with Gasteiger partial charge in [0.05, 0.1) is 0 Å². The Morgan fingerprint density at radius 1 is 0.913 bits per heavy atom. The van der Waals surface area contributed by atoms with Crippen molar-refractivity contribution in [3.63, 3.8) is 0 Å². The van der Waals surface area contributed by atoms with Crippen LogP contribution < -0.4 is 0 Å². The number of pyridine rings is 1. The lowest BCUT2D eigenvalue weighted by Gasteiger charge is -2.01. The third-order valence-corrected chi connectivity index (χ3v) is 4.00. The summed E-state index contributed by atoms with van der Waals surface area (Å²) in [6.45, 7) is 2.26. The Labute approximate surface area is 142 Å². The van der Waals surface area contributed by atoms with Crippen LogP contribution in [0.2, 0.25) is 0 Å². The molecule has 1 heterocycles. The van der Waals surface area contributed by atoms with E-state index in [1.54, 1.807) is 18.3 Å². The van der Waals surface area contributed by atoms with Crippen LogP contribution in [-0.4, -0.2) is 10.8 Å². The van der Waals surface area contributed by atoms with Gasteiger partial charge in [0, 0.05) is 12.6 Å². The minimum atomic E-state index is -0.173. The number of hydrogen-bond donors (Lipinski definition) is 0. The molecule has 1 aromatic heterocycles. The Hall–Kier alpha value is -1.62. The van der Waals surface area contributed by atoms with Crippen molar-refractivity contribution in [2.75, 3.05) is 0 Å². The molecule has 2 nitrogen and oxygen atoms in total. The molecule has 0 aliphatic heterocycles. The lowest BCUT2D eigenvalue weighted by atomic mass is 10.1. The molecule has 0 fully saturated rings. The highest BCUT2D eigenvalue weighted by Crippen LogP contribution is 2.11. The van der Waals surface area contributed by atoms with E-state index in [4.69, 9.17) is 0 Å². The molecule has 0 radical (unpaired) electrons. The van der Waals surface area contributed by atoms with E-state index in [1.165, 1.54) is 64.2 Å². The van der Waals surface area contributed by atoms with Crippen molar-refractivity contribution in [2.24, 2.45) is 0 Å². The van der Waals surface area contributed by atoms with E-state index in [-0.39, 0.29) is 5.78 Å². The standard InChI is InChI=1S/C21H31NO/c1-2-3-4-5-6-7-8-9-10-11-12-13-14-18-21(23)20-17-15-16-19-22-20/h15-17,19H,2-13H2,1H3. The van der Waals surface area contributed by atoms with E-state index < -0.39 is 0 Å². The highest BCUT2D eigenvalue weighted by Gasteiger charge is 2.00. The number of carbonyl (C=O) groups excluding carboxylic acids is 1. The molecule has 0 aromatic carbocycles. The molecular weight excluding hydrogens is 282 g/mol. The average molecular weight is 313 g/mol. The first-order valence-corrected chi connectivity index (χ1v) is 9.29. The quantitative estimate of drug-likeness (QED) is 0.206. The number of hydrogen-bond acceptors (Lipinski definition) is 2. The molecule has 0 amide bonds. The van der Waals surface area contributed by atoms with Crippen LogP contribution in [0, 0.1) is 11.8 Å². The molecule has 0 saturated heterocycles. The lowest BCUT2D eigenvalue weighted by Crippen LogP contribution is -1.97. The zero-order valence-corrected chi connectivity index (χ0v) is 14.7. The van der Waals surface area contributed by atoms with E-state index in [0.717, 1.165) is 12.8 Å². The van der Waals surface area contributed by atoms with Gasteiger partial charge in [-0.1, -0.05) is 83.1 Å². The van der Waals surface area contributed by atoms with Crippen LogP contribution in [0.4, 0.5) is 0 Å². The molecule has 0 aliphatic rings. The van der Waals surface area contributed by atoms with Gasteiger partial charge in [0.25, 0.3) is 5.78 Å². The zero-order chi connectivity index (χ0) is 16.6. The summed E-state index contributed by atoms with van der Waals surface area (Å²) in [5.41, 5.74) is 0.443. The Kier molecular flexibility index (Phi) is 11.8. The molecule has 0 bridgehead atoms. The Bertz CT molecular complexity index is 470. The fraction of sp³-hybridized carbons (Fsp3) is 0.619. The van der Waals surface area contributed by atoms with Gasteiger partial charge in [0.15, 0.2) is 0 Å². The van der Waals surface area contributed by atoms with Crippen LogP contribution in [0.15, 0.2) is 24.4 Å². The van der Waals surface area contributed by atoms with Crippen molar-refractivity contribution in [1.82, 2.24) is 4.98 Å². The predicted molar refractivity (Wildman–Crippen MR) is 97.4 cm³/mol. The summed E-state index contributed by atoms with van der Waals surface area (Å²) in [6.07, 6.45) is 17.1. The van der Waals surface area contributed by atoms with E-state index in [0.29, 0.717) is 5.69 Å². The van der Waals surface area contributed by atoms with Gasteiger partial charge in [-0.2, -0.15) is 0 Å². The maximum atomic E-state index is 11.7. The summed E-state index contributed by atoms with van der Waals surface area (Å²) in [4.78, 5) is 15.7. The highest BCUT2D eigenvalue weighted by atomic mass is 16.1. The normalized spacial score (nSPS) is 10.1. The third-order valence-electron chi connectivity index (χ3n) is 4.00. The monoisotopic (exact) mass is 313 g/mol. The Morgan fingerprint density at radius 2 is 1.52 bits per heavy atom. The molecule has 0 aliphatic carbocycles. The summed E-state index contributed by atoms with van der Waals surface area (Å²) in [5.74, 6) is 5.49. The van der Waals surface area contributed by atoms with Crippen LogP contribution in [0.5, 0.6) is 0 Å².